The van der Waals surface area contributed by atoms with Crippen molar-refractivity contribution < 1.29 is 9.59 Å². The molecule has 2 amide bonds. The normalized spacial score (nSPS) is 15.3. The highest BCUT2D eigenvalue weighted by molar-refractivity contribution is 7.13. The van der Waals surface area contributed by atoms with Gasteiger partial charge in [-0.25, -0.2) is 4.98 Å². The predicted molar refractivity (Wildman–Crippen MR) is 109 cm³/mol. The lowest BCUT2D eigenvalue weighted by Crippen LogP contribution is -2.36. The maximum absolute atomic E-state index is 12.4. The molecule has 3 rings (SSSR count). The van der Waals surface area contributed by atoms with Gasteiger partial charge in [0.15, 0.2) is 5.13 Å². The number of aromatic nitrogens is 1. The summed E-state index contributed by atoms with van der Waals surface area (Å²) < 4.78 is 0. The molecule has 1 aromatic heterocycles. The van der Waals surface area contributed by atoms with Crippen LogP contribution >= 0.6 is 11.3 Å². The van der Waals surface area contributed by atoms with Crippen molar-refractivity contribution in [3.63, 3.8) is 0 Å². The molecule has 2 N–H and O–H groups in total. The van der Waals surface area contributed by atoms with Crippen LogP contribution in [-0.4, -0.2) is 61.5 Å². The van der Waals surface area contributed by atoms with Gasteiger partial charge in [0, 0.05) is 49.9 Å². The summed E-state index contributed by atoms with van der Waals surface area (Å²) in [6.07, 6.45) is 1.01. The fourth-order valence-corrected chi connectivity index (χ4v) is 3.92. The molecule has 2 aromatic rings. The molecule has 0 spiro atoms. The van der Waals surface area contributed by atoms with Crippen molar-refractivity contribution in [3.05, 3.63) is 40.9 Å². The second-order valence-electron chi connectivity index (χ2n) is 6.59. The molecule has 1 aromatic carbocycles. The fraction of sp³-hybridized carbons (Fsp3) is 0.421. The van der Waals surface area contributed by atoms with Crippen LogP contribution < -0.4 is 15.5 Å². The van der Waals surface area contributed by atoms with Crippen molar-refractivity contribution in [3.8, 4) is 0 Å². The van der Waals surface area contributed by atoms with Gasteiger partial charge in [-0.05, 0) is 37.6 Å². The van der Waals surface area contributed by atoms with Crippen molar-refractivity contribution in [2.45, 2.75) is 13.3 Å². The Labute approximate surface area is 163 Å². The predicted octanol–water partition coefficient (Wildman–Crippen LogP) is 1.96. The zero-order valence-electron chi connectivity index (χ0n) is 15.7. The molecule has 2 heterocycles. The zero-order chi connectivity index (χ0) is 19.2. The monoisotopic (exact) mass is 387 g/mol. The quantitative estimate of drug-likeness (QED) is 0.820. The standard InChI is InChI=1S/C19H25N5O2S/c1-14-13-27-19(21-14)24-9-3-8-23(10-11-24)12-17(25)22-16-6-4-15(5-7-16)18(26)20-2/h4-7,13H,3,8-12H2,1-2H3,(H,20,26)(H,22,25). The highest BCUT2D eigenvalue weighted by Crippen LogP contribution is 2.21. The van der Waals surface area contributed by atoms with Gasteiger partial charge in [-0.3, -0.25) is 14.5 Å². The number of carbonyl (C=O) groups is 2. The Morgan fingerprint density at radius 3 is 2.59 bits per heavy atom. The van der Waals surface area contributed by atoms with Crippen LogP contribution in [0.2, 0.25) is 0 Å². The van der Waals surface area contributed by atoms with Gasteiger partial charge in [0.1, 0.15) is 0 Å². The molecule has 1 aliphatic heterocycles. The first-order valence-corrected chi connectivity index (χ1v) is 9.94. The highest BCUT2D eigenvalue weighted by atomic mass is 32.1. The number of rotatable bonds is 5. The smallest absolute Gasteiger partial charge is 0.251 e. The molecule has 0 bridgehead atoms. The summed E-state index contributed by atoms with van der Waals surface area (Å²) in [6, 6.07) is 6.90. The lowest BCUT2D eigenvalue weighted by atomic mass is 10.2. The maximum atomic E-state index is 12.4. The average Bonchev–Trinajstić information content (AvgIpc) is 2.96. The minimum Gasteiger partial charge on any atom is -0.355 e. The van der Waals surface area contributed by atoms with E-state index in [1.165, 1.54) is 0 Å². The Kier molecular flexibility index (Phi) is 6.41. The molecule has 0 aliphatic carbocycles. The van der Waals surface area contributed by atoms with Crippen LogP contribution in [0.3, 0.4) is 0 Å². The Morgan fingerprint density at radius 1 is 1.15 bits per heavy atom. The molecular formula is C19H25N5O2S. The van der Waals surface area contributed by atoms with Crippen molar-refractivity contribution in [1.82, 2.24) is 15.2 Å². The zero-order valence-corrected chi connectivity index (χ0v) is 16.5. The highest BCUT2D eigenvalue weighted by Gasteiger charge is 2.19. The van der Waals surface area contributed by atoms with Crippen molar-refractivity contribution in [2.24, 2.45) is 0 Å². The van der Waals surface area contributed by atoms with Crippen molar-refractivity contribution >= 4 is 34.0 Å². The Hall–Kier alpha value is -2.45. The van der Waals surface area contributed by atoms with E-state index in [-0.39, 0.29) is 11.8 Å². The molecule has 0 radical (unpaired) electrons. The van der Waals surface area contributed by atoms with Crippen LogP contribution in [0.1, 0.15) is 22.5 Å². The average molecular weight is 388 g/mol. The summed E-state index contributed by atoms with van der Waals surface area (Å²) in [7, 11) is 1.59. The third kappa shape index (κ3) is 5.27. The van der Waals surface area contributed by atoms with E-state index in [1.807, 2.05) is 6.92 Å². The van der Waals surface area contributed by atoms with Gasteiger partial charge in [-0.15, -0.1) is 11.3 Å². The lowest BCUT2D eigenvalue weighted by molar-refractivity contribution is -0.117. The molecule has 1 saturated heterocycles. The number of nitrogens with zero attached hydrogens (tertiary/aromatic N) is 3. The van der Waals surface area contributed by atoms with Crippen LogP contribution in [0.25, 0.3) is 0 Å². The van der Waals surface area contributed by atoms with Gasteiger partial charge < -0.3 is 15.5 Å². The first-order chi connectivity index (χ1) is 13.0. The molecule has 8 heteroatoms. The molecule has 0 atom stereocenters. The van der Waals surface area contributed by atoms with E-state index in [2.05, 4.69) is 30.8 Å². The van der Waals surface area contributed by atoms with E-state index >= 15 is 0 Å². The third-order valence-corrected chi connectivity index (χ3v) is 5.51. The van der Waals surface area contributed by atoms with Gasteiger partial charge in [0.25, 0.3) is 5.91 Å². The number of amides is 2. The minimum atomic E-state index is -0.141. The number of thiazole rings is 1. The number of nitrogens with one attached hydrogen (secondary N) is 2. The Balaban J connectivity index is 1.50. The third-order valence-electron chi connectivity index (χ3n) is 4.49. The molecule has 27 heavy (non-hydrogen) atoms. The van der Waals surface area contributed by atoms with E-state index < -0.39 is 0 Å². The summed E-state index contributed by atoms with van der Waals surface area (Å²) in [4.78, 5) is 33.0. The summed E-state index contributed by atoms with van der Waals surface area (Å²) in [5.74, 6) is -0.182. The number of benzene rings is 1. The van der Waals surface area contributed by atoms with Crippen LogP contribution in [-0.2, 0) is 4.79 Å². The van der Waals surface area contributed by atoms with Crippen LogP contribution in [0.15, 0.2) is 29.6 Å². The van der Waals surface area contributed by atoms with E-state index in [0.717, 1.165) is 43.4 Å². The number of aryl methyl sites for hydroxylation is 1. The van der Waals surface area contributed by atoms with E-state index in [9.17, 15) is 9.59 Å². The van der Waals surface area contributed by atoms with Crippen molar-refractivity contribution in [2.75, 3.05) is 50.0 Å². The van der Waals surface area contributed by atoms with Gasteiger partial charge in [0.05, 0.1) is 12.2 Å². The summed E-state index contributed by atoms with van der Waals surface area (Å²) in [5.41, 5.74) is 2.32. The van der Waals surface area contributed by atoms with Gasteiger partial charge in [-0.2, -0.15) is 0 Å². The van der Waals surface area contributed by atoms with Crippen LogP contribution in [0.4, 0.5) is 10.8 Å². The fourth-order valence-electron chi connectivity index (χ4n) is 3.06. The summed E-state index contributed by atoms with van der Waals surface area (Å²) in [6.45, 7) is 5.94. The maximum Gasteiger partial charge on any atom is 0.251 e. The summed E-state index contributed by atoms with van der Waals surface area (Å²) >= 11 is 1.68. The minimum absolute atomic E-state index is 0.0405. The molecule has 0 saturated carbocycles. The number of hydrogen-bond donors (Lipinski definition) is 2. The molecule has 1 aliphatic rings. The van der Waals surface area contributed by atoms with Crippen LogP contribution in [0.5, 0.6) is 0 Å². The van der Waals surface area contributed by atoms with E-state index in [1.54, 1.807) is 42.6 Å². The number of anilines is 2. The molecule has 0 unspecified atom stereocenters. The number of hydrogen-bond acceptors (Lipinski definition) is 6. The molecule has 1 fully saturated rings. The van der Waals surface area contributed by atoms with E-state index in [0.29, 0.717) is 17.8 Å². The topological polar surface area (TPSA) is 77.6 Å². The number of carbonyl (C=O) groups excluding carboxylic acids is 2. The summed E-state index contributed by atoms with van der Waals surface area (Å²) in [5, 5.41) is 8.62. The Morgan fingerprint density at radius 2 is 1.93 bits per heavy atom. The first kappa shape index (κ1) is 19.3. The van der Waals surface area contributed by atoms with E-state index in [4.69, 9.17) is 0 Å². The molecule has 144 valence electrons. The second kappa shape index (κ2) is 8.96. The molecule has 7 nitrogen and oxygen atoms in total. The van der Waals surface area contributed by atoms with Gasteiger partial charge in [0.2, 0.25) is 5.91 Å². The SMILES string of the molecule is CNC(=O)c1ccc(NC(=O)CN2CCCN(c3nc(C)cs3)CC2)cc1. The van der Waals surface area contributed by atoms with Crippen molar-refractivity contribution in [1.29, 1.82) is 0 Å². The van der Waals surface area contributed by atoms with Gasteiger partial charge in [-0.1, -0.05) is 0 Å². The van der Waals surface area contributed by atoms with Gasteiger partial charge >= 0.3 is 0 Å². The first-order valence-electron chi connectivity index (χ1n) is 9.06. The second-order valence-corrected chi connectivity index (χ2v) is 7.43. The Bertz CT molecular complexity index is 790. The largest absolute Gasteiger partial charge is 0.355 e. The molecular weight excluding hydrogens is 362 g/mol. The van der Waals surface area contributed by atoms with Crippen LogP contribution in [0, 0.1) is 6.92 Å². The lowest BCUT2D eigenvalue weighted by Gasteiger charge is -2.21.